The Kier molecular flexibility index (Phi) is 8.56. The number of hydrogen-bond acceptors (Lipinski definition) is 7. The second kappa shape index (κ2) is 12.8. The number of carbonyl (C=O) groups is 1. The summed E-state index contributed by atoms with van der Waals surface area (Å²) in [7, 11) is 1.58. The lowest BCUT2D eigenvalue weighted by atomic mass is 10.1. The molecule has 5 aromatic rings. The van der Waals surface area contributed by atoms with Crippen molar-refractivity contribution in [2.24, 2.45) is 0 Å². The van der Waals surface area contributed by atoms with Crippen LogP contribution in [0.3, 0.4) is 0 Å². The third-order valence-corrected chi connectivity index (χ3v) is 6.34. The molecule has 0 saturated heterocycles. The molecular formula is C31H26ClN5O4. The van der Waals surface area contributed by atoms with E-state index in [1.807, 2.05) is 18.2 Å². The Bertz CT molecular complexity index is 1690. The summed E-state index contributed by atoms with van der Waals surface area (Å²) in [4.78, 5) is 30.8. The normalized spacial score (nSPS) is 10.6. The van der Waals surface area contributed by atoms with Crippen LogP contribution in [-0.4, -0.2) is 34.3 Å². The third kappa shape index (κ3) is 6.90. The van der Waals surface area contributed by atoms with Crippen molar-refractivity contribution in [2.75, 3.05) is 19.0 Å². The summed E-state index contributed by atoms with van der Waals surface area (Å²) in [5.41, 5.74) is 2.05. The minimum absolute atomic E-state index is 0.137. The maximum absolute atomic E-state index is 13.7. The summed E-state index contributed by atoms with van der Waals surface area (Å²) >= 11 is 6.03. The summed E-state index contributed by atoms with van der Waals surface area (Å²) in [6.45, 7) is 0.434. The van der Waals surface area contributed by atoms with Crippen LogP contribution in [0.15, 0.2) is 108 Å². The molecular weight excluding hydrogens is 542 g/mol. The molecule has 2 aromatic heterocycles. The topological polar surface area (TPSA) is 107 Å². The molecule has 206 valence electrons. The van der Waals surface area contributed by atoms with Crippen LogP contribution in [0, 0.1) is 0 Å². The Morgan fingerprint density at radius 1 is 0.951 bits per heavy atom. The minimum atomic E-state index is -0.455. The maximum Gasteiger partial charge on any atom is 0.299 e. The third-order valence-electron chi connectivity index (χ3n) is 6.09. The number of carbonyl (C=O) groups excluding carboxylic acids is 1. The van der Waals surface area contributed by atoms with Crippen LogP contribution in [0.4, 0.5) is 11.4 Å². The van der Waals surface area contributed by atoms with Crippen LogP contribution in [0.2, 0.25) is 5.02 Å². The molecule has 2 N–H and O–H groups in total. The molecule has 0 aliphatic carbocycles. The molecule has 0 spiro atoms. The fourth-order valence-electron chi connectivity index (χ4n) is 4.00. The molecule has 10 heteroatoms. The molecule has 5 rings (SSSR count). The molecule has 0 bridgehead atoms. The molecule has 0 fully saturated rings. The summed E-state index contributed by atoms with van der Waals surface area (Å²) in [5, 5.41) is 10.9. The smallest absolute Gasteiger partial charge is 0.299 e. The number of aromatic nitrogens is 3. The van der Waals surface area contributed by atoms with Crippen LogP contribution < -0.4 is 25.7 Å². The van der Waals surface area contributed by atoms with E-state index in [9.17, 15) is 9.59 Å². The monoisotopic (exact) mass is 567 g/mol. The van der Waals surface area contributed by atoms with Gasteiger partial charge >= 0.3 is 0 Å². The Balaban J connectivity index is 1.41. The maximum atomic E-state index is 13.7. The zero-order valence-corrected chi connectivity index (χ0v) is 22.8. The Morgan fingerprint density at radius 2 is 1.73 bits per heavy atom. The molecule has 0 atom stereocenters. The highest BCUT2D eigenvalue weighted by molar-refractivity contribution is 6.30. The van der Waals surface area contributed by atoms with Crippen molar-refractivity contribution in [1.29, 1.82) is 0 Å². The van der Waals surface area contributed by atoms with E-state index < -0.39 is 5.56 Å². The summed E-state index contributed by atoms with van der Waals surface area (Å²) in [6.07, 6.45) is 3.79. The van der Waals surface area contributed by atoms with Crippen molar-refractivity contribution in [2.45, 2.75) is 6.42 Å². The van der Waals surface area contributed by atoms with Crippen LogP contribution in [0.5, 0.6) is 17.2 Å². The highest BCUT2D eigenvalue weighted by atomic mass is 35.5. The van der Waals surface area contributed by atoms with Crippen molar-refractivity contribution in [1.82, 2.24) is 20.1 Å². The van der Waals surface area contributed by atoms with Crippen molar-refractivity contribution in [3.05, 3.63) is 130 Å². The molecule has 0 aliphatic heterocycles. The number of pyridine rings is 1. The van der Waals surface area contributed by atoms with Gasteiger partial charge in [-0.2, -0.15) is 9.78 Å². The van der Waals surface area contributed by atoms with E-state index in [1.54, 1.807) is 86.1 Å². The zero-order chi connectivity index (χ0) is 28.6. The van der Waals surface area contributed by atoms with Gasteiger partial charge in [-0.3, -0.25) is 14.6 Å². The number of nitrogens with zero attached hydrogens (tertiary/aromatic N) is 3. The minimum Gasteiger partial charge on any atom is -0.497 e. The van der Waals surface area contributed by atoms with Gasteiger partial charge in [0.1, 0.15) is 11.5 Å². The molecule has 3 aromatic carbocycles. The fraction of sp³-hybridized carbons (Fsp3) is 0.0968. The number of hydrogen-bond donors (Lipinski definition) is 2. The molecule has 0 unspecified atom stereocenters. The first-order chi connectivity index (χ1) is 20.0. The van der Waals surface area contributed by atoms with Gasteiger partial charge in [0.2, 0.25) is 0 Å². The van der Waals surface area contributed by atoms with Gasteiger partial charge in [-0.05, 0) is 78.9 Å². The Labute approximate surface area is 241 Å². The number of amides is 1. The lowest BCUT2D eigenvalue weighted by molar-refractivity contribution is 0.0954. The van der Waals surface area contributed by atoms with Gasteiger partial charge in [0, 0.05) is 41.1 Å². The lowest BCUT2D eigenvalue weighted by Crippen LogP contribution is -2.26. The van der Waals surface area contributed by atoms with Crippen molar-refractivity contribution < 1.29 is 14.3 Å². The number of ether oxygens (including phenoxy) is 2. The number of anilines is 2. The van der Waals surface area contributed by atoms with E-state index in [4.69, 9.17) is 21.1 Å². The first kappa shape index (κ1) is 27.4. The number of nitrogens with one attached hydrogen (secondary N) is 2. The van der Waals surface area contributed by atoms with Gasteiger partial charge in [0.05, 0.1) is 19.0 Å². The van der Waals surface area contributed by atoms with E-state index in [1.165, 1.54) is 10.9 Å². The highest BCUT2D eigenvalue weighted by Gasteiger charge is 2.16. The predicted octanol–water partition coefficient (Wildman–Crippen LogP) is 5.80. The van der Waals surface area contributed by atoms with E-state index >= 15 is 0 Å². The van der Waals surface area contributed by atoms with Crippen molar-refractivity contribution in [3.8, 4) is 22.9 Å². The van der Waals surface area contributed by atoms with Crippen LogP contribution in [0.1, 0.15) is 16.1 Å². The van der Waals surface area contributed by atoms with Crippen LogP contribution in [0.25, 0.3) is 5.69 Å². The molecule has 0 radical (unpaired) electrons. The predicted molar refractivity (Wildman–Crippen MR) is 158 cm³/mol. The van der Waals surface area contributed by atoms with Gasteiger partial charge in [0.25, 0.3) is 11.5 Å². The fourth-order valence-corrected chi connectivity index (χ4v) is 4.13. The van der Waals surface area contributed by atoms with E-state index in [0.717, 1.165) is 5.69 Å². The number of benzene rings is 3. The quantitative estimate of drug-likeness (QED) is 0.220. The van der Waals surface area contributed by atoms with Crippen LogP contribution in [-0.2, 0) is 6.42 Å². The van der Waals surface area contributed by atoms with Crippen molar-refractivity contribution >= 4 is 28.9 Å². The number of rotatable bonds is 10. The first-order valence-electron chi connectivity index (χ1n) is 12.8. The average Bonchev–Trinajstić information content (AvgIpc) is 3.00. The SMILES string of the molecule is COc1ccc(Oc2cnn(-c3ccc(Cl)cc3)c(=O)c2Nc2cccc(C(=O)NCCc3ccccn3)c2)cc1. The van der Waals surface area contributed by atoms with E-state index in [-0.39, 0.29) is 17.3 Å². The second-order valence-electron chi connectivity index (χ2n) is 8.89. The van der Waals surface area contributed by atoms with Gasteiger partial charge in [-0.25, -0.2) is 0 Å². The van der Waals surface area contributed by atoms with Crippen molar-refractivity contribution in [3.63, 3.8) is 0 Å². The molecule has 41 heavy (non-hydrogen) atoms. The largest absolute Gasteiger partial charge is 0.497 e. The second-order valence-corrected chi connectivity index (χ2v) is 9.32. The standard InChI is InChI=1S/C31H26ClN5O4/c1-40-26-12-14-27(15-13-26)41-28-20-35-37(25-10-8-22(32)9-11-25)31(39)29(28)36-24-7-4-5-21(19-24)30(38)34-18-16-23-6-2-3-17-33-23/h2-15,17,19-20,36H,16,18H2,1H3,(H,34,38). The summed E-state index contributed by atoms with van der Waals surface area (Å²) in [5.74, 6) is 1.12. The average molecular weight is 568 g/mol. The van der Waals surface area contributed by atoms with Gasteiger partial charge in [-0.1, -0.05) is 23.7 Å². The van der Waals surface area contributed by atoms with Gasteiger partial charge in [-0.15, -0.1) is 0 Å². The first-order valence-corrected chi connectivity index (χ1v) is 13.1. The van der Waals surface area contributed by atoms with Crippen LogP contribution >= 0.6 is 11.6 Å². The number of methoxy groups -OCH3 is 1. The Morgan fingerprint density at radius 3 is 2.46 bits per heavy atom. The Hall–Kier alpha value is -5.15. The van der Waals surface area contributed by atoms with E-state index in [0.29, 0.717) is 46.4 Å². The highest BCUT2D eigenvalue weighted by Crippen LogP contribution is 2.30. The lowest BCUT2D eigenvalue weighted by Gasteiger charge is -2.15. The molecule has 9 nitrogen and oxygen atoms in total. The molecule has 2 heterocycles. The van der Waals surface area contributed by atoms with Gasteiger partial charge < -0.3 is 20.1 Å². The van der Waals surface area contributed by atoms with Gasteiger partial charge in [0.15, 0.2) is 11.4 Å². The zero-order valence-electron chi connectivity index (χ0n) is 22.1. The van der Waals surface area contributed by atoms with E-state index in [2.05, 4.69) is 20.7 Å². The molecule has 0 saturated carbocycles. The molecule has 0 aliphatic rings. The number of halogens is 1. The molecule has 1 amide bonds. The summed E-state index contributed by atoms with van der Waals surface area (Å²) in [6, 6.07) is 26.2. The summed E-state index contributed by atoms with van der Waals surface area (Å²) < 4.78 is 12.5.